The van der Waals surface area contributed by atoms with Crippen molar-refractivity contribution in [2.24, 2.45) is 0 Å². The molecule has 4 nitrogen and oxygen atoms in total. The lowest BCUT2D eigenvalue weighted by molar-refractivity contribution is 1.16. The zero-order valence-electron chi connectivity index (χ0n) is 14.7. The first kappa shape index (κ1) is 16.9. The molecule has 3 aromatic heterocycles. The summed E-state index contributed by atoms with van der Waals surface area (Å²) in [4.78, 5) is 14.3. The van der Waals surface area contributed by atoms with Crippen molar-refractivity contribution in [3.8, 4) is 12.3 Å². The van der Waals surface area contributed by atoms with E-state index in [9.17, 15) is 0 Å². The predicted octanol–water partition coefficient (Wildman–Crippen LogP) is 5.62. The molecule has 1 N–H and O–H groups in total. The maximum absolute atomic E-state index is 5.52. The Morgan fingerprint density at radius 3 is 2.71 bits per heavy atom. The van der Waals surface area contributed by atoms with Gasteiger partial charge in [-0.3, -0.25) is 0 Å². The van der Waals surface area contributed by atoms with Gasteiger partial charge in [0.15, 0.2) is 5.82 Å². The summed E-state index contributed by atoms with van der Waals surface area (Å²) in [7, 11) is 0. The Morgan fingerprint density at radius 1 is 0.964 bits per heavy atom. The van der Waals surface area contributed by atoms with E-state index < -0.39 is 0 Å². The molecule has 5 rings (SSSR count). The highest BCUT2D eigenvalue weighted by Crippen LogP contribution is 2.32. The van der Waals surface area contributed by atoms with Gasteiger partial charge < -0.3 is 5.32 Å². The van der Waals surface area contributed by atoms with Crippen LogP contribution in [0, 0.1) is 12.3 Å². The average molecular weight is 399 g/mol. The molecule has 6 heteroatoms. The van der Waals surface area contributed by atoms with Gasteiger partial charge in [0.2, 0.25) is 0 Å². The van der Waals surface area contributed by atoms with E-state index in [0.717, 1.165) is 48.2 Å². The highest BCUT2D eigenvalue weighted by atomic mass is 32.1. The quantitative estimate of drug-likeness (QED) is 0.399. The summed E-state index contributed by atoms with van der Waals surface area (Å²) in [6.45, 7) is 0. The molecule has 5 aromatic rings. The minimum atomic E-state index is 0.768. The third-order valence-corrected chi connectivity index (χ3v) is 6.43. The first-order valence-corrected chi connectivity index (χ1v) is 10.3. The molecule has 28 heavy (non-hydrogen) atoms. The molecule has 134 valence electrons. The van der Waals surface area contributed by atoms with Crippen LogP contribution in [0.15, 0.2) is 60.9 Å². The van der Waals surface area contributed by atoms with Crippen LogP contribution < -0.4 is 5.32 Å². The standard InChI is InChI=1S/C22H14N4S2/c1-2-16-12-18-21(27-16)22(24-13-23-18)25-15-8-9-17-19(11-15)28-20(26-17)10-14-6-4-3-5-7-14/h1,3-9,11-13H,10H2,(H,23,24,25). The Hall–Kier alpha value is -3.27. The Kier molecular flexibility index (Phi) is 4.24. The fourth-order valence-corrected chi connectivity index (χ4v) is 4.95. The fraction of sp³-hybridized carbons (Fsp3) is 0.0455. The molecular formula is C22H14N4S2. The Bertz CT molecular complexity index is 1330. The van der Waals surface area contributed by atoms with Gasteiger partial charge in [0.05, 0.1) is 30.3 Å². The Labute approximate surface area is 169 Å². The summed E-state index contributed by atoms with van der Waals surface area (Å²) in [6, 6.07) is 18.5. The van der Waals surface area contributed by atoms with Crippen LogP contribution in [0.25, 0.3) is 20.4 Å². The van der Waals surface area contributed by atoms with Crippen LogP contribution in [0.2, 0.25) is 0 Å². The summed E-state index contributed by atoms with van der Waals surface area (Å²) in [6.07, 6.45) is 7.93. The molecule has 0 unspecified atom stereocenters. The smallest absolute Gasteiger partial charge is 0.151 e. The number of nitrogens with one attached hydrogen (secondary N) is 1. The Morgan fingerprint density at radius 2 is 1.86 bits per heavy atom. The molecule has 0 spiro atoms. The van der Waals surface area contributed by atoms with E-state index in [-0.39, 0.29) is 0 Å². The molecule has 0 bridgehead atoms. The van der Waals surface area contributed by atoms with E-state index in [1.165, 1.54) is 16.9 Å². The SMILES string of the molecule is C#Cc1cc2ncnc(Nc3ccc4nc(Cc5ccccc5)sc4c3)c2s1. The highest BCUT2D eigenvalue weighted by Gasteiger charge is 2.10. The number of benzene rings is 2. The number of hydrogen-bond donors (Lipinski definition) is 1. The van der Waals surface area contributed by atoms with Gasteiger partial charge >= 0.3 is 0 Å². The molecule has 2 aromatic carbocycles. The first-order chi connectivity index (χ1) is 13.8. The third-order valence-electron chi connectivity index (χ3n) is 4.35. The van der Waals surface area contributed by atoms with Gasteiger partial charge in [0, 0.05) is 12.1 Å². The number of terminal acetylenes is 1. The first-order valence-electron chi connectivity index (χ1n) is 8.70. The van der Waals surface area contributed by atoms with Gasteiger partial charge in [0.25, 0.3) is 0 Å². The molecule has 0 saturated heterocycles. The van der Waals surface area contributed by atoms with Crippen molar-refractivity contribution in [3.05, 3.63) is 76.4 Å². The van der Waals surface area contributed by atoms with Crippen molar-refractivity contribution in [3.63, 3.8) is 0 Å². The molecule has 0 fully saturated rings. The van der Waals surface area contributed by atoms with E-state index in [2.05, 4.69) is 51.5 Å². The molecule has 3 heterocycles. The summed E-state index contributed by atoms with van der Waals surface area (Å²) in [5, 5.41) is 4.52. The monoisotopic (exact) mass is 398 g/mol. The number of aromatic nitrogens is 3. The largest absolute Gasteiger partial charge is 0.339 e. The average Bonchev–Trinajstić information content (AvgIpc) is 3.32. The van der Waals surface area contributed by atoms with Gasteiger partial charge in [-0.25, -0.2) is 15.0 Å². The highest BCUT2D eigenvalue weighted by molar-refractivity contribution is 7.20. The van der Waals surface area contributed by atoms with Gasteiger partial charge in [-0.1, -0.05) is 36.3 Å². The second-order valence-electron chi connectivity index (χ2n) is 6.27. The molecule has 0 aliphatic carbocycles. The number of thiazole rings is 1. The lowest BCUT2D eigenvalue weighted by Gasteiger charge is -2.05. The summed E-state index contributed by atoms with van der Waals surface area (Å²) in [5.74, 6) is 3.44. The minimum Gasteiger partial charge on any atom is -0.339 e. The number of thiophene rings is 1. The zero-order valence-corrected chi connectivity index (χ0v) is 16.3. The summed E-state index contributed by atoms with van der Waals surface area (Å²) >= 11 is 3.24. The third kappa shape index (κ3) is 3.22. The fourth-order valence-electron chi connectivity index (χ4n) is 3.05. The van der Waals surface area contributed by atoms with Crippen molar-refractivity contribution in [2.75, 3.05) is 5.32 Å². The van der Waals surface area contributed by atoms with Crippen molar-refractivity contribution < 1.29 is 0 Å². The molecule has 0 aliphatic heterocycles. The number of anilines is 2. The van der Waals surface area contributed by atoms with E-state index in [1.807, 2.05) is 24.3 Å². The molecule has 0 amide bonds. The van der Waals surface area contributed by atoms with Gasteiger partial charge in [-0.15, -0.1) is 29.1 Å². The van der Waals surface area contributed by atoms with Crippen molar-refractivity contribution in [1.82, 2.24) is 15.0 Å². The maximum atomic E-state index is 5.52. The van der Waals surface area contributed by atoms with Gasteiger partial charge in [-0.05, 0) is 29.8 Å². The van der Waals surface area contributed by atoms with E-state index in [0.29, 0.717) is 0 Å². The van der Waals surface area contributed by atoms with Crippen molar-refractivity contribution >= 4 is 54.6 Å². The molecular weight excluding hydrogens is 384 g/mol. The van der Waals surface area contributed by atoms with Crippen molar-refractivity contribution in [2.45, 2.75) is 6.42 Å². The van der Waals surface area contributed by atoms with E-state index in [4.69, 9.17) is 11.4 Å². The second-order valence-corrected chi connectivity index (χ2v) is 8.44. The molecule has 0 aliphatic rings. The van der Waals surface area contributed by atoms with Gasteiger partial charge in [0.1, 0.15) is 6.33 Å². The number of hydrogen-bond acceptors (Lipinski definition) is 6. The summed E-state index contributed by atoms with van der Waals surface area (Å²) in [5.41, 5.74) is 4.11. The molecule has 0 saturated carbocycles. The lowest BCUT2D eigenvalue weighted by Crippen LogP contribution is -1.93. The van der Waals surface area contributed by atoms with Crippen LogP contribution in [-0.2, 0) is 6.42 Å². The number of fused-ring (bicyclic) bond motifs is 2. The Balaban J connectivity index is 1.45. The van der Waals surface area contributed by atoms with Crippen LogP contribution in [0.4, 0.5) is 11.5 Å². The minimum absolute atomic E-state index is 0.768. The zero-order chi connectivity index (χ0) is 18.9. The van der Waals surface area contributed by atoms with Crippen LogP contribution in [-0.4, -0.2) is 15.0 Å². The van der Waals surface area contributed by atoms with E-state index >= 15 is 0 Å². The second kappa shape index (κ2) is 7.04. The van der Waals surface area contributed by atoms with Crippen LogP contribution in [0.3, 0.4) is 0 Å². The molecule has 0 radical (unpaired) electrons. The maximum Gasteiger partial charge on any atom is 0.151 e. The van der Waals surface area contributed by atoms with Gasteiger partial charge in [-0.2, -0.15) is 0 Å². The predicted molar refractivity (Wildman–Crippen MR) is 118 cm³/mol. The van der Waals surface area contributed by atoms with Crippen LogP contribution in [0.5, 0.6) is 0 Å². The summed E-state index contributed by atoms with van der Waals surface area (Å²) < 4.78 is 2.11. The molecule has 0 atom stereocenters. The van der Waals surface area contributed by atoms with Crippen LogP contribution >= 0.6 is 22.7 Å². The topological polar surface area (TPSA) is 50.7 Å². The van der Waals surface area contributed by atoms with Crippen LogP contribution in [0.1, 0.15) is 15.4 Å². The number of nitrogens with zero attached hydrogens (tertiary/aromatic N) is 3. The van der Waals surface area contributed by atoms with E-state index in [1.54, 1.807) is 17.7 Å². The number of rotatable bonds is 4. The lowest BCUT2D eigenvalue weighted by atomic mass is 10.2. The van der Waals surface area contributed by atoms with Crippen molar-refractivity contribution in [1.29, 1.82) is 0 Å². The normalized spacial score (nSPS) is 11.0.